The van der Waals surface area contributed by atoms with E-state index in [1.807, 2.05) is 27.7 Å². The summed E-state index contributed by atoms with van der Waals surface area (Å²) in [5, 5.41) is 2.89. The van der Waals surface area contributed by atoms with Gasteiger partial charge in [0.2, 0.25) is 5.91 Å². The first-order valence-electron chi connectivity index (χ1n) is 6.43. The second-order valence-corrected chi connectivity index (χ2v) is 6.74. The van der Waals surface area contributed by atoms with Crippen LogP contribution >= 0.6 is 0 Å². The van der Waals surface area contributed by atoms with Crippen LogP contribution in [-0.2, 0) is 14.3 Å². The van der Waals surface area contributed by atoms with E-state index in [4.69, 9.17) is 4.74 Å². The second-order valence-electron chi connectivity index (χ2n) is 6.74. The molecule has 0 fully saturated rings. The van der Waals surface area contributed by atoms with Crippen LogP contribution in [-0.4, -0.2) is 23.5 Å². The molecule has 0 radical (unpaired) electrons. The fourth-order valence-electron chi connectivity index (χ4n) is 1.14. The van der Waals surface area contributed by atoms with Crippen molar-refractivity contribution in [2.45, 2.75) is 73.0 Å². The maximum absolute atomic E-state index is 11.7. The first-order valence-corrected chi connectivity index (χ1v) is 6.43. The third kappa shape index (κ3) is 8.09. The van der Waals surface area contributed by atoms with Crippen LogP contribution in [0.2, 0.25) is 0 Å². The van der Waals surface area contributed by atoms with Gasteiger partial charge in [-0.2, -0.15) is 0 Å². The first kappa shape index (κ1) is 16.9. The lowest BCUT2D eigenvalue weighted by Gasteiger charge is -2.28. The van der Waals surface area contributed by atoms with Gasteiger partial charge in [0.1, 0.15) is 5.60 Å². The van der Waals surface area contributed by atoms with Gasteiger partial charge in [0.05, 0.1) is 6.42 Å². The van der Waals surface area contributed by atoms with E-state index in [9.17, 15) is 9.59 Å². The van der Waals surface area contributed by atoms with Gasteiger partial charge in [0.15, 0.2) is 0 Å². The molecule has 0 heterocycles. The number of carbonyl (C=O) groups excluding carboxylic acids is 2. The summed E-state index contributed by atoms with van der Waals surface area (Å²) in [6, 6.07) is 0.0728. The molecule has 0 rings (SSSR count). The highest BCUT2D eigenvalue weighted by Crippen LogP contribution is 2.18. The highest BCUT2D eigenvalue weighted by molar-refractivity contribution is 5.81. The van der Waals surface area contributed by atoms with E-state index >= 15 is 0 Å². The zero-order chi connectivity index (χ0) is 14.6. The summed E-state index contributed by atoms with van der Waals surface area (Å²) in [6.07, 6.45) is 0.301. The Kier molecular flexibility index (Phi) is 5.84. The molecule has 4 nitrogen and oxygen atoms in total. The van der Waals surface area contributed by atoms with Crippen LogP contribution in [0.3, 0.4) is 0 Å². The molecule has 1 amide bonds. The van der Waals surface area contributed by atoms with E-state index in [1.165, 1.54) is 0 Å². The zero-order valence-electron chi connectivity index (χ0n) is 12.7. The molecule has 1 atom stereocenters. The molecule has 0 aromatic carbocycles. The van der Waals surface area contributed by atoms with E-state index in [0.717, 1.165) is 0 Å². The van der Waals surface area contributed by atoms with Crippen molar-refractivity contribution < 1.29 is 14.3 Å². The summed E-state index contributed by atoms with van der Waals surface area (Å²) in [5.74, 6) is -0.440. The number of hydrogen-bond donors (Lipinski definition) is 1. The summed E-state index contributed by atoms with van der Waals surface area (Å²) in [4.78, 5) is 23.1. The number of carbonyl (C=O) groups is 2. The first-order chi connectivity index (χ1) is 7.92. The third-order valence-corrected chi connectivity index (χ3v) is 2.65. The normalized spacial score (nSPS) is 13.9. The maximum atomic E-state index is 11.7. The second kappa shape index (κ2) is 6.21. The molecule has 0 saturated heterocycles. The largest absolute Gasteiger partial charge is 0.460 e. The average molecular weight is 257 g/mol. The molecule has 1 N–H and O–H groups in total. The van der Waals surface area contributed by atoms with Gasteiger partial charge < -0.3 is 10.1 Å². The quantitative estimate of drug-likeness (QED) is 0.788. The molecule has 0 bridgehead atoms. The van der Waals surface area contributed by atoms with Crippen LogP contribution in [0.5, 0.6) is 0 Å². The van der Waals surface area contributed by atoms with Gasteiger partial charge in [-0.15, -0.1) is 0 Å². The van der Waals surface area contributed by atoms with Crippen molar-refractivity contribution in [3.63, 3.8) is 0 Å². The Labute approximate surface area is 110 Å². The molecule has 1 unspecified atom stereocenters. The van der Waals surface area contributed by atoms with Crippen LogP contribution in [0.4, 0.5) is 0 Å². The van der Waals surface area contributed by atoms with Crippen molar-refractivity contribution >= 4 is 11.9 Å². The number of hydrogen-bond acceptors (Lipinski definition) is 3. The van der Waals surface area contributed by atoms with E-state index in [0.29, 0.717) is 0 Å². The molecular weight excluding hydrogens is 230 g/mol. The maximum Gasteiger partial charge on any atom is 0.306 e. The Balaban J connectivity index is 4.02. The topological polar surface area (TPSA) is 55.4 Å². The zero-order valence-corrected chi connectivity index (χ0v) is 12.7. The van der Waals surface area contributed by atoms with Gasteiger partial charge >= 0.3 is 5.97 Å². The van der Waals surface area contributed by atoms with Crippen molar-refractivity contribution in [3.8, 4) is 0 Å². The van der Waals surface area contributed by atoms with Gasteiger partial charge in [-0.25, -0.2) is 0 Å². The van der Waals surface area contributed by atoms with Gasteiger partial charge in [0.25, 0.3) is 0 Å². The molecular formula is C14H27NO3. The Hall–Kier alpha value is -1.06. The minimum absolute atomic E-state index is 0.0155. The van der Waals surface area contributed by atoms with Crippen molar-refractivity contribution in [1.29, 1.82) is 0 Å². The predicted octanol–water partition coefficient (Wildman–Crippen LogP) is 2.66. The van der Waals surface area contributed by atoms with Gasteiger partial charge in [0, 0.05) is 12.5 Å². The fourth-order valence-corrected chi connectivity index (χ4v) is 1.14. The van der Waals surface area contributed by atoms with Gasteiger partial charge in [-0.1, -0.05) is 20.8 Å². The Morgan fingerprint density at radius 3 is 1.94 bits per heavy atom. The summed E-state index contributed by atoms with van der Waals surface area (Å²) >= 11 is 0. The number of ether oxygens (including phenoxy) is 1. The number of amides is 1. The van der Waals surface area contributed by atoms with Gasteiger partial charge in [-0.05, 0) is 33.1 Å². The predicted molar refractivity (Wildman–Crippen MR) is 72.1 cm³/mol. The highest BCUT2D eigenvalue weighted by atomic mass is 16.6. The van der Waals surface area contributed by atoms with Crippen LogP contribution < -0.4 is 5.32 Å². The summed E-state index contributed by atoms with van der Waals surface area (Å²) < 4.78 is 5.14. The summed E-state index contributed by atoms with van der Waals surface area (Å²) in [6.45, 7) is 13.6. The lowest BCUT2D eigenvalue weighted by molar-refractivity contribution is -0.155. The van der Waals surface area contributed by atoms with Crippen LogP contribution in [0.25, 0.3) is 0 Å². The molecule has 4 heteroatoms. The van der Waals surface area contributed by atoms with Crippen LogP contribution in [0.15, 0.2) is 0 Å². The smallest absolute Gasteiger partial charge is 0.306 e. The number of esters is 1. The minimum atomic E-state index is -0.494. The molecule has 0 aliphatic carbocycles. The monoisotopic (exact) mass is 257 g/mol. The molecule has 0 aromatic heterocycles. The highest BCUT2D eigenvalue weighted by Gasteiger charge is 2.22. The van der Waals surface area contributed by atoms with Crippen LogP contribution in [0, 0.1) is 5.41 Å². The fraction of sp³-hybridized carbons (Fsp3) is 0.857. The molecule has 0 spiro atoms. The summed E-state index contributed by atoms with van der Waals surface area (Å²) in [7, 11) is 0. The van der Waals surface area contributed by atoms with Crippen molar-refractivity contribution in [1.82, 2.24) is 5.32 Å². The molecule has 106 valence electrons. The summed E-state index contributed by atoms with van der Waals surface area (Å²) in [5.41, 5.74) is -0.478. The molecule has 18 heavy (non-hydrogen) atoms. The average Bonchev–Trinajstić information content (AvgIpc) is 2.10. The standard InChI is InChI=1S/C14H27NO3/c1-10(13(2,3)4)15-11(16)8-9-12(17)18-14(5,6)7/h10H,8-9H2,1-7H3,(H,15,16). The van der Waals surface area contributed by atoms with E-state index in [2.05, 4.69) is 26.1 Å². The Morgan fingerprint density at radius 1 is 1.06 bits per heavy atom. The molecule has 0 aliphatic heterocycles. The SMILES string of the molecule is CC(NC(=O)CCC(=O)OC(C)(C)C)C(C)(C)C. The Morgan fingerprint density at radius 2 is 1.56 bits per heavy atom. The van der Waals surface area contributed by atoms with E-state index in [1.54, 1.807) is 0 Å². The van der Waals surface area contributed by atoms with Crippen LogP contribution in [0.1, 0.15) is 61.3 Å². The minimum Gasteiger partial charge on any atom is -0.460 e. The van der Waals surface area contributed by atoms with Gasteiger partial charge in [-0.3, -0.25) is 9.59 Å². The van der Waals surface area contributed by atoms with E-state index < -0.39 is 5.60 Å². The third-order valence-electron chi connectivity index (χ3n) is 2.65. The van der Waals surface area contributed by atoms with E-state index in [-0.39, 0.29) is 36.2 Å². The Bertz CT molecular complexity index is 297. The van der Waals surface area contributed by atoms with Crippen molar-refractivity contribution in [2.75, 3.05) is 0 Å². The lowest BCUT2D eigenvalue weighted by Crippen LogP contribution is -2.41. The number of nitrogens with one attached hydrogen (secondary N) is 1. The molecule has 0 saturated carbocycles. The van der Waals surface area contributed by atoms with Crippen molar-refractivity contribution in [2.24, 2.45) is 5.41 Å². The lowest BCUT2D eigenvalue weighted by atomic mass is 9.88. The van der Waals surface area contributed by atoms with Crippen molar-refractivity contribution in [3.05, 3.63) is 0 Å². The molecule has 0 aliphatic rings. The molecule has 0 aromatic rings. The number of rotatable bonds is 4.